The maximum Gasteiger partial charge on any atom is 0.336 e. The lowest BCUT2D eigenvalue weighted by Crippen LogP contribution is -2.10. The molecule has 0 fully saturated rings. The van der Waals surface area contributed by atoms with Crippen LogP contribution < -0.4 is 0 Å². The number of hydrogen-bond donors (Lipinski definition) is 8. The second kappa shape index (κ2) is 16.7. The van der Waals surface area contributed by atoms with Crippen molar-refractivity contribution in [1.29, 1.82) is 0 Å². The van der Waals surface area contributed by atoms with Gasteiger partial charge in [0.15, 0.2) is 5.78 Å². The van der Waals surface area contributed by atoms with Crippen molar-refractivity contribution in [3.63, 3.8) is 0 Å². The van der Waals surface area contributed by atoms with Crippen LogP contribution in [0.2, 0.25) is 0 Å². The van der Waals surface area contributed by atoms with Gasteiger partial charge in [0, 0.05) is 5.56 Å². The van der Waals surface area contributed by atoms with Crippen LogP contribution in [0.1, 0.15) is 78.1 Å². The molecule has 0 aliphatic carbocycles. The summed E-state index contributed by atoms with van der Waals surface area (Å²) >= 11 is 0. The van der Waals surface area contributed by atoms with E-state index in [1.54, 1.807) is 42.5 Å². The highest BCUT2D eigenvalue weighted by Gasteiger charge is 2.19. The SMILES string of the molecule is O=C(C=Cc1ccc(O)cc1)c1ccc(O)cc1.O=C(O)c1ccc(C(=O)O)c(C(=O)O)c1.O=C(O)c1ccc(C(=O)O)c(C(=O)O)c1. The molecule has 0 aliphatic heterocycles. The zero-order valence-corrected chi connectivity index (χ0v) is 24.2. The summed E-state index contributed by atoms with van der Waals surface area (Å²) in [5, 5.41) is 70.0. The molecule has 15 nitrogen and oxygen atoms in total. The van der Waals surface area contributed by atoms with Crippen molar-refractivity contribution in [2.24, 2.45) is 0 Å². The third-order valence-electron chi connectivity index (χ3n) is 5.93. The Balaban J connectivity index is 0.000000252. The summed E-state index contributed by atoms with van der Waals surface area (Å²) in [5.41, 5.74) is -1.14. The van der Waals surface area contributed by atoms with E-state index < -0.39 is 58.1 Å². The molecule has 4 aromatic rings. The smallest absolute Gasteiger partial charge is 0.336 e. The molecular formula is C33H24O15. The minimum Gasteiger partial charge on any atom is -0.508 e. The van der Waals surface area contributed by atoms with Gasteiger partial charge in [-0.3, -0.25) is 4.79 Å². The van der Waals surface area contributed by atoms with Crippen molar-refractivity contribution in [2.45, 2.75) is 0 Å². The molecular weight excluding hydrogens is 636 g/mol. The molecule has 0 aromatic heterocycles. The van der Waals surface area contributed by atoms with Crippen LogP contribution in [-0.4, -0.2) is 82.5 Å². The number of hydrogen-bond acceptors (Lipinski definition) is 9. The Morgan fingerprint density at radius 2 is 0.729 bits per heavy atom. The predicted octanol–water partition coefficient (Wildman–Crippen LogP) is 4.56. The number of benzene rings is 4. The molecule has 246 valence electrons. The molecule has 0 bridgehead atoms. The normalized spacial score (nSPS) is 10.0. The van der Waals surface area contributed by atoms with Crippen LogP contribution in [0.4, 0.5) is 0 Å². The van der Waals surface area contributed by atoms with Gasteiger partial charge in [0.05, 0.1) is 33.4 Å². The van der Waals surface area contributed by atoms with Crippen LogP contribution >= 0.6 is 0 Å². The largest absolute Gasteiger partial charge is 0.508 e. The summed E-state index contributed by atoms with van der Waals surface area (Å²) in [6, 6.07) is 18.3. The summed E-state index contributed by atoms with van der Waals surface area (Å²) in [6.45, 7) is 0. The second-order valence-corrected chi connectivity index (χ2v) is 9.19. The van der Waals surface area contributed by atoms with Gasteiger partial charge in [-0.2, -0.15) is 0 Å². The van der Waals surface area contributed by atoms with Crippen molar-refractivity contribution in [1.82, 2.24) is 0 Å². The van der Waals surface area contributed by atoms with E-state index in [1.807, 2.05) is 0 Å². The van der Waals surface area contributed by atoms with Crippen LogP contribution in [0.25, 0.3) is 6.08 Å². The first-order valence-corrected chi connectivity index (χ1v) is 13.0. The molecule has 0 spiro atoms. The van der Waals surface area contributed by atoms with Crippen molar-refractivity contribution in [2.75, 3.05) is 0 Å². The highest BCUT2D eigenvalue weighted by atomic mass is 16.4. The van der Waals surface area contributed by atoms with Gasteiger partial charge in [0.25, 0.3) is 0 Å². The number of carbonyl (C=O) groups is 7. The number of carbonyl (C=O) groups excluding carboxylic acids is 1. The van der Waals surface area contributed by atoms with E-state index in [-0.39, 0.29) is 28.4 Å². The minimum atomic E-state index is -1.48. The summed E-state index contributed by atoms with van der Waals surface area (Å²) in [5.74, 6) is -8.21. The summed E-state index contributed by atoms with van der Waals surface area (Å²) in [7, 11) is 0. The number of phenolic OH excluding ortho intramolecular Hbond substituents is 2. The first-order valence-electron chi connectivity index (χ1n) is 13.0. The standard InChI is InChI=1S/C15H12O3.2C9H6O6/c16-13-6-1-11(2-7-13)3-10-15(18)12-4-8-14(17)9-5-12;2*10-7(11)4-1-2-5(8(12)13)6(3-4)9(14)15/h1-10,16-17H;2*1-3H,(H,10,11)(H,12,13)(H,14,15). The van der Waals surface area contributed by atoms with Gasteiger partial charge in [-0.05, 0) is 84.4 Å². The highest BCUT2D eigenvalue weighted by molar-refractivity contribution is 6.07. The van der Waals surface area contributed by atoms with E-state index in [9.17, 15) is 33.6 Å². The number of rotatable bonds is 9. The number of carboxylic acid groups (broad SMARTS) is 6. The number of aromatic carboxylic acids is 6. The molecule has 0 saturated carbocycles. The van der Waals surface area contributed by atoms with E-state index >= 15 is 0 Å². The molecule has 0 aliphatic rings. The number of allylic oxidation sites excluding steroid dienone is 1. The van der Waals surface area contributed by atoms with Crippen LogP contribution in [0.5, 0.6) is 11.5 Å². The van der Waals surface area contributed by atoms with E-state index in [0.29, 0.717) is 5.56 Å². The van der Waals surface area contributed by atoms with Gasteiger partial charge in [0.2, 0.25) is 0 Å². The molecule has 0 atom stereocenters. The molecule has 0 unspecified atom stereocenters. The van der Waals surface area contributed by atoms with E-state index in [2.05, 4.69) is 0 Å². The second-order valence-electron chi connectivity index (χ2n) is 9.19. The van der Waals surface area contributed by atoms with Crippen LogP contribution in [0, 0.1) is 0 Å². The van der Waals surface area contributed by atoms with Crippen molar-refractivity contribution < 1.29 is 74.4 Å². The molecule has 4 aromatic carbocycles. The zero-order chi connectivity index (χ0) is 36.1. The lowest BCUT2D eigenvalue weighted by molar-refractivity contribution is 0.0648. The Labute approximate surface area is 269 Å². The maximum atomic E-state index is 11.8. The van der Waals surface area contributed by atoms with E-state index in [1.165, 1.54) is 18.2 Å². The Kier molecular flexibility index (Phi) is 12.8. The summed E-state index contributed by atoms with van der Waals surface area (Å²) < 4.78 is 0. The van der Waals surface area contributed by atoms with Crippen LogP contribution in [0.15, 0.2) is 91.0 Å². The molecule has 0 radical (unpaired) electrons. The van der Waals surface area contributed by atoms with Gasteiger partial charge in [0.1, 0.15) is 11.5 Å². The zero-order valence-electron chi connectivity index (χ0n) is 24.2. The van der Waals surface area contributed by atoms with Gasteiger partial charge in [-0.1, -0.05) is 18.2 Å². The molecule has 0 saturated heterocycles. The fourth-order valence-corrected chi connectivity index (χ4v) is 3.56. The molecule has 4 rings (SSSR count). The van der Waals surface area contributed by atoms with Crippen molar-refractivity contribution in [3.8, 4) is 11.5 Å². The Morgan fingerprint density at radius 1 is 0.396 bits per heavy atom. The van der Waals surface area contributed by atoms with Crippen molar-refractivity contribution in [3.05, 3.63) is 136 Å². The average Bonchev–Trinajstić information content (AvgIpc) is 3.04. The van der Waals surface area contributed by atoms with E-state index in [0.717, 1.165) is 42.0 Å². The highest BCUT2D eigenvalue weighted by Crippen LogP contribution is 2.15. The topological polar surface area (TPSA) is 281 Å². The fourth-order valence-electron chi connectivity index (χ4n) is 3.56. The Hall–Kier alpha value is -7.29. The third kappa shape index (κ3) is 10.7. The number of ketones is 1. The van der Waals surface area contributed by atoms with Gasteiger partial charge < -0.3 is 40.9 Å². The first kappa shape index (κ1) is 36.9. The van der Waals surface area contributed by atoms with Crippen molar-refractivity contribution >= 4 is 47.7 Å². The predicted molar refractivity (Wildman–Crippen MR) is 164 cm³/mol. The monoisotopic (exact) mass is 660 g/mol. The molecule has 8 N–H and O–H groups in total. The maximum absolute atomic E-state index is 11.8. The summed E-state index contributed by atoms with van der Waals surface area (Å²) in [6.07, 6.45) is 3.13. The molecule has 15 heteroatoms. The lowest BCUT2D eigenvalue weighted by atomic mass is 10.0. The van der Waals surface area contributed by atoms with E-state index in [4.69, 9.17) is 40.9 Å². The van der Waals surface area contributed by atoms with Gasteiger partial charge >= 0.3 is 35.8 Å². The number of phenols is 2. The van der Waals surface area contributed by atoms with Gasteiger partial charge in [-0.25, -0.2) is 28.8 Å². The number of aromatic hydroxyl groups is 2. The Morgan fingerprint density at radius 3 is 1.06 bits per heavy atom. The Bertz CT molecular complexity index is 1820. The fraction of sp³-hybridized carbons (Fsp3) is 0. The third-order valence-corrected chi connectivity index (χ3v) is 5.93. The average molecular weight is 661 g/mol. The molecule has 0 heterocycles. The molecule has 0 amide bonds. The van der Waals surface area contributed by atoms with Crippen LogP contribution in [0.3, 0.4) is 0 Å². The molecule has 48 heavy (non-hydrogen) atoms. The summed E-state index contributed by atoms with van der Waals surface area (Å²) in [4.78, 5) is 75.3. The number of carboxylic acids is 6. The quantitative estimate of drug-likeness (QED) is 0.0902. The van der Waals surface area contributed by atoms with Gasteiger partial charge in [-0.15, -0.1) is 0 Å². The first-order chi connectivity index (χ1) is 22.5. The lowest BCUT2D eigenvalue weighted by Gasteiger charge is -2.02. The minimum absolute atomic E-state index is 0.133. The van der Waals surface area contributed by atoms with Crippen LogP contribution in [-0.2, 0) is 0 Å².